The number of carbonyl (C=O) groups excluding carboxylic acids is 1. The van der Waals surface area contributed by atoms with E-state index < -0.39 is 0 Å². The van der Waals surface area contributed by atoms with Crippen LogP contribution in [0.3, 0.4) is 0 Å². The number of amides is 1. The van der Waals surface area contributed by atoms with Gasteiger partial charge in [0.2, 0.25) is 0 Å². The summed E-state index contributed by atoms with van der Waals surface area (Å²) < 4.78 is 0. The van der Waals surface area contributed by atoms with Crippen molar-refractivity contribution in [1.29, 1.82) is 0 Å². The molecule has 1 fully saturated rings. The summed E-state index contributed by atoms with van der Waals surface area (Å²) in [5.74, 6) is -0.0749. The zero-order valence-electron chi connectivity index (χ0n) is 10.7. The molecule has 0 bridgehead atoms. The van der Waals surface area contributed by atoms with Gasteiger partial charge in [0.25, 0.3) is 5.91 Å². The molecule has 0 spiro atoms. The summed E-state index contributed by atoms with van der Waals surface area (Å²) in [4.78, 5) is 12.3. The maximum atomic E-state index is 12.3. The Morgan fingerprint density at radius 1 is 0.900 bits per heavy atom. The van der Waals surface area contributed by atoms with Crippen molar-refractivity contribution in [1.82, 2.24) is 5.32 Å². The fourth-order valence-corrected chi connectivity index (χ4v) is 2.52. The van der Waals surface area contributed by atoms with E-state index in [0.29, 0.717) is 15.6 Å². The molecule has 102 valence electrons. The summed E-state index contributed by atoms with van der Waals surface area (Å²) in [6.07, 6.45) is 1.90. The Labute approximate surface area is 127 Å². The zero-order chi connectivity index (χ0) is 14.2. The molecule has 0 aliphatic heterocycles. The number of hydrogen-bond donors (Lipinski definition) is 1. The van der Waals surface area contributed by atoms with E-state index in [4.69, 9.17) is 23.2 Å². The lowest BCUT2D eigenvalue weighted by Crippen LogP contribution is -2.34. The Bertz CT molecular complexity index is 631. The van der Waals surface area contributed by atoms with E-state index in [1.165, 1.54) is 0 Å². The summed E-state index contributed by atoms with van der Waals surface area (Å²) in [6, 6.07) is 14.5. The number of carbonyl (C=O) groups is 1. The molecule has 3 rings (SSSR count). The topological polar surface area (TPSA) is 29.1 Å². The Balaban J connectivity index is 1.78. The van der Waals surface area contributed by atoms with Gasteiger partial charge in [0, 0.05) is 15.6 Å². The third kappa shape index (κ3) is 2.67. The van der Waals surface area contributed by atoms with Crippen molar-refractivity contribution >= 4 is 29.1 Å². The molecular formula is C16H13Cl2NO. The predicted molar refractivity (Wildman–Crippen MR) is 81.3 cm³/mol. The number of rotatable bonds is 3. The Hall–Kier alpha value is -1.51. The van der Waals surface area contributed by atoms with Crippen LogP contribution in [0.25, 0.3) is 0 Å². The molecule has 1 aliphatic carbocycles. The smallest absolute Gasteiger partial charge is 0.251 e. The second kappa shape index (κ2) is 5.12. The third-order valence-electron chi connectivity index (χ3n) is 3.61. The van der Waals surface area contributed by atoms with Gasteiger partial charge in [0.05, 0.1) is 5.54 Å². The summed E-state index contributed by atoms with van der Waals surface area (Å²) in [7, 11) is 0. The molecule has 0 unspecified atom stereocenters. The van der Waals surface area contributed by atoms with Crippen LogP contribution < -0.4 is 5.32 Å². The Morgan fingerprint density at radius 3 is 1.90 bits per heavy atom. The molecule has 4 heteroatoms. The Morgan fingerprint density at radius 2 is 1.40 bits per heavy atom. The first-order valence-corrected chi connectivity index (χ1v) is 7.19. The predicted octanol–water partition coefficient (Wildman–Crippen LogP) is 4.41. The number of nitrogens with one attached hydrogen (secondary N) is 1. The fourth-order valence-electron chi connectivity index (χ4n) is 2.27. The molecule has 2 aromatic carbocycles. The van der Waals surface area contributed by atoms with Crippen molar-refractivity contribution in [3.05, 3.63) is 69.7 Å². The normalized spacial score (nSPS) is 15.7. The number of hydrogen-bond acceptors (Lipinski definition) is 1. The fraction of sp³-hybridized carbons (Fsp3) is 0.188. The first-order valence-electron chi connectivity index (χ1n) is 6.43. The molecule has 0 aromatic heterocycles. The van der Waals surface area contributed by atoms with E-state index in [-0.39, 0.29) is 11.4 Å². The van der Waals surface area contributed by atoms with Crippen molar-refractivity contribution < 1.29 is 4.79 Å². The van der Waals surface area contributed by atoms with Crippen LogP contribution in [-0.4, -0.2) is 5.91 Å². The van der Waals surface area contributed by atoms with E-state index in [1.54, 1.807) is 24.3 Å². The minimum absolute atomic E-state index is 0.0749. The van der Waals surface area contributed by atoms with Crippen LogP contribution in [0.4, 0.5) is 0 Å². The highest BCUT2D eigenvalue weighted by molar-refractivity contribution is 6.30. The van der Waals surface area contributed by atoms with Crippen LogP contribution in [0, 0.1) is 0 Å². The quantitative estimate of drug-likeness (QED) is 0.894. The Kier molecular flexibility index (Phi) is 3.45. The van der Waals surface area contributed by atoms with E-state index in [1.807, 2.05) is 24.3 Å². The summed E-state index contributed by atoms with van der Waals surface area (Å²) in [6.45, 7) is 0. The summed E-state index contributed by atoms with van der Waals surface area (Å²) in [5, 5.41) is 4.44. The first-order chi connectivity index (χ1) is 9.59. The SMILES string of the molecule is O=C(NC1(c2ccc(Cl)cc2)CC1)c1ccc(Cl)cc1. The molecule has 0 atom stereocenters. The highest BCUT2D eigenvalue weighted by Crippen LogP contribution is 2.45. The molecule has 1 amide bonds. The second-order valence-electron chi connectivity index (χ2n) is 5.05. The molecule has 0 saturated heterocycles. The number of benzene rings is 2. The van der Waals surface area contributed by atoms with Gasteiger partial charge < -0.3 is 5.32 Å². The van der Waals surface area contributed by atoms with E-state index >= 15 is 0 Å². The van der Waals surface area contributed by atoms with Crippen molar-refractivity contribution in [3.8, 4) is 0 Å². The molecular weight excluding hydrogens is 293 g/mol. The van der Waals surface area contributed by atoms with Crippen molar-refractivity contribution in [3.63, 3.8) is 0 Å². The zero-order valence-corrected chi connectivity index (χ0v) is 12.2. The van der Waals surface area contributed by atoms with Crippen molar-refractivity contribution in [2.45, 2.75) is 18.4 Å². The lowest BCUT2D eigenvalue weighted by molar-refractivity contribution is 0.0931. The molecule has 1 N–H and O–H groups in total. The number of halogens is 2. The molecule has 20 heavy (non-hydrogen) atoms. The largest absolute Gasteiger partial charge is 0.343 e. The second-order valence-corrected chi connectivity index (χ2v) is 5.92. The van der Waals surface area contributed by atoms with Crippen molar-refractivity contribution in [2.75, 3.05) is 0 Å². The van der Waals surface area contributed by atoms with E-state index in [2.05, 4.69) is 5.32 Å². The van der Waals surface area contributed by atoms with Crippen LogP contribution >= 0.6 is 23.2 Å². The van der Waals surface area contributed by atoms with Gasteiger partial charge in [-0.1, -0.05) is 35.3 Å². The standard InChI is InChI=1S/C16H13Cl2NO/c17-13-5-1-11(2-6-13)15(20)19-16(9-10-16)12-3-7-14(18)8-4-12/h1-8H,9-10H2,(H,19,20). The maximum absolute atomic E-state index is 12.3. The van der Waals surface area contributed by atoms with Crippen LogP contribution in [0.1, 0.15) is 28.8 Å². The van der Waals surface area contributed by atoms with Gasteiger partial charge in [-0.15, -0.1) is 0 Å². The summed E-state index contributed by atoms with van der Waals surface area (Å²) in [5.41, 5.74) is 1.49. The first kappa shape index (κ1) is 13.5. The molecule has 0 radical (unpaired) electrons. The highest BCUT2D eigenvalue weighted by Gasteiger charge is 2.45. The van der Waals surface area contributed by atoms with Gasteiger partial charge in [0.1, 0.15) is 0 Å². The van der Waals surface area contributed by atoms with Crippen LogP contribution in [0.15, 0.2) is 48.5 Å². The minimum Gasteiger partial charge on any atom is -0.343 e. The van der Waals surface area contributed by atoms with Crippen LogP contribution in [0.2, 0.25) is 10.0 Å². The van der Waals surface area contributed by atoms with Gasteiger partial charge in [0.15, 0.2) is 0 Å². The highest BCUT2D eigenvalue weighted by atomic mass is 35.5. The third-order valence-corrected chi connectivity index (χ3v) is 4.11. The summed E-state index contributed by atoms with van der Waals surface area (Å²) >= 11 is 11.7. The van der Waals surface area contributed by atoms with Gasteiger partial charge in [-0.25, -0.2) is 0 Å². The van der Waals surface area contributed by atoms with Gasteiger partial charge in [-0.2, -0.15) is 0 Å². The molecule has 0 heterocycles. The monoisotopic (exact) mass is 305 g/mol. The average Bonchev–Trinajstić information content (AvgIpc) is 3.21. The van der Waals surface area contributed by atoms with Gasteiger partial charge in [-0.05, 0) is 54.8 Å². The average molecular weight is 306 g/mol. The van der Waals surface area contributed by atoms with Gasteiger partial charge >= 0.3 is 0 Å². The van der Waals surface area contributed by atoms with Gasteiger partial charge in [-0.3, -0.25) is 4.79 Å². The molecule has 1 saturated carbocycles. The van der Waals surface area contributed by atoms with Crippen molar-refractivity contribution in [2.24, 2.45) is 0 Å². The molecule has 1 aliphatic rings. The van der Waals surface area contributed by atoms with Crippen LogP contribution in [-0.2, 0) is 5.54 Å². The minimum atomic E-state index is -0.235. The van der Waals surface area contributed by atoms with E-state index in [9.17, 15) is 4.79 Å². The maximum Gasteiger partial charge on any atom is 0.251 e. The van der Waals surface area contributed by atoms with E-state index in [0.717, 1.165) is 18.4 Å². The van der Waals surface area contributed by atoms with Crippen LogP contribution in [0.5, 0.6) is 0 Å². The lowest BCUT2D eigenvalue weighted by atomic mass is 10.0. The molecule has 2 nitrogen and oxygen atoms in total. The lowest BCUT2D eigenvalue weighted by Gasteiger charge is -2.18. The molecule has 2 aromatic rings.